The van der Waals surface area contributed by atoms with Gasteiger partial charge in [0.1, 0.15) is 29.9 Å². The lowest BCUT2D eigenvalue weighted by atomic mass is 10.00. The van der Waals surface area contributed by atoms with E-state index >= 15 is 0 Å². The molecule has 2 fully saturated rings. The lowest BCUT2D eigenvalue weighted by Gasteiger charge is -2.48. The second kappa shape index (κ2) is 16.3. The molecule has 0 radical (unpaired) electrons. The first kappa shape index (κ1) is 36.5. The van der Waals surface area contributed by atoms with Crippen LogP contribution in [0.25, 0.3) is 0 Å². The van der Waals surface area contributed by atoms with Crippen molar-refractivity contribution >= 4 is 28.9 Å². The normalized spacial score (nSPS) is 25.7. The van der Waals surface area contributed by atoms with Crippen molar-refractivity contribution in [3.63, 3.8) is 0 Å². The predicted molar refractivity (Wildman–Crippen MR) is 195 cm³/mol. The molecule has 3 aromatic rings. The zero-order chi connectivity index (χ0) is 33.6. The topological polar surface area (TPSA) is 55.4 Å². The fourth-order valence-electron chi connectivity index (χ4n) is 6.91. The van der Waals surface area contributed by atoms with Crippen molar-refractivity contribution in [2.24, 2.45) is 0 Å². The summed E-state index contributed by atoms with van der Waals surface area (Å²) in [6.45, 7) is 19.4. The van der Waals surface area contributed by atoms with Crippen molar-refractivity contribution in [3.8, 4) is 0 Å². The van der Waals surface area contributed by atoms with E-state index in [9.17, 15) is 0 Å². The molecule has 0 bridgehead atoms. The SMILES string of the molecule is CC(C)[Si]1(C(C)C)O[C@@H]2[C@@H](O[Si](C(C)C)(C(C)C)O1)[C@H](Sc1ccccc1)O[C@H](COCc1ccccc1)[C@H]2OCc1ccccc1. The monoisotopic (exact) mass is 694 g/mol. The van der Waals surface area contributed by atoms with E-state index in [4.69, 9.17) is 27.2 Å². The van der Waals surface area contributed by atoms with Crippen LogP contribution in [0.15, 0.2) is 95.9 Å². The Bertz CT molecular complexity index is 1340. The Morgan fingerprint density at radius 2 is 1.09 bits per heavy atom. The van der Waals surface area contributed by atoms with E-state index in [0.717, 1.165) is 16.0 Å². The molecule has 0 spiro atoms. The van der Waals surface area contributed by atoms with Crippen LogP contribution < -0.4 is 0 Å². The third kappa shape index (κ3) is 8.33. The summed E-state index contributed by atoms with van der Waals surface area (Å²) in [6.07, 6.45) is -1.61. The maximum absolute atomic E-state index is 7.60. The van der Waals surface area contributed by atoms with Gasteiger partial charge in [0, 0.05) is 4.90 Å². The molecule has 5 rings (SSSR count). The van der Waals surface area contributed by atoms with Gasteiger partial charge < -0.3 is 27.2 Å². The van der Waals surface area contributed by atoms with E-state index in [0.29, 0.717) is 19.8 Å². The molecule has 3 aromatic carbocycles. The quantitative estimate of drug-likeness (QED) is 0.165. The summed E-state index contributed by atoms with van der Waals surface area (Å²) in [5.74, 6) is 0. The van der Waals surface area contributed by atoms with Crippen molar-refractivity contribution in [2.75, 3.05) is 6.61 Å². The van der Waals surface area contributed by atoms with Gasteiger partial charge in [0.15, 0.2) is 0 Å². The molecule has 2 heterocycles. The summed E-state index contributed by atoms with van der Waals surface area (Å²) < 4.78 is 43.1. The van der Waals surface area contributed by atoms with E-state index in [1.807, 2.05) is 42.5 Å². The van der Waals surface area contributed by atoms with E-state index in [1.54, 1.807) is 11.8 Å². The van der Waals surface area contributed by atoms with Gasteiger partial charge in [-0.3, -0.25) is 0 Å². The van der Waals surface area contributed by atoms with Crippen molar-refractivity contribution < 1.29 is 27.2 Å². The highest BCUT2D eigenvalue weighted by Gasteiger charge is 2.64. The van der Waals surface area contributed by atoms with Crippen LogP contribution in [0.3, 0.4) is 0 Å². The molecule has 256 valence electrons. The largest absolute Gasteiger partial charge is 0.414 e. The fraction of sp³-hybridized carbons (Fsp3) is 0.526. The zero-order valence-corrected chi connectivity index (χ0v) is 32.2. The van der Waals surface area contributed by atoms with Crippen LogP contribution in [-0.2, 0) is 40.4 Å². The van der Waals surface area contributed by atoms with E-state index in [1.165, 1.54) is 0 Å². The van der Waals surface area contributed by atoms with Crippen LogP contribution in [0.4, 0.5) is 0 Å². The van der Waals surface area contributed by atoms with Gasteiger partial charge in [0.25, 0.3) is 0 Å². The van der Waals surface area contributed by atoms with Gasteiger partial charge in [-0.1, -0.05) is 146 Å². The summed E-state index contributed by atoms with van der Waals surface area (Å²) in [5, 5.41) is 0. The Kier molecular flexibility index (Phi) is 12.6. The summed E-state index contributed by atoms with van der Waals surface area (Å²) >= 11 is 1.69. The molecule has 5 atom stereocenters. The second-order valence-corrected chi connectivity index (χ2v) is 24.0. The fourth-order valence-corrected chi connectivity index (χ4v) is 19.4. The summed E-state index contributed by atoms with van der Waals surface area (Å²) in [5.41, 5.74) is 2.72. The molecule has 2 aliphatic rings. The number of thioether (sulfide) groups is 1. The first-order chi connectivity index (χ1) is 22.6. The minimum atomic E-state index is -2.89. The summed E-state index contributed by atoms with van der Waals surface area (Å²) in [4.78, 5) is 1.12. The van der Waals surface area contributed by atoms with Gasteiger partial charge in [-0.15, -0.1) is 0 Å². The van der Waals surface area contributed by atoms with Crippen LogP contribution in [0, 0.1) is 0 Å². The van der Waals surface area contributed by atoms with E-state index < -0.39 is 35.4 Å². The van der Waals surface area contributed by atoms with Crippen molar-refractivity contribution in [2.45, 2.75) is 126 Å². The van der Waals surface area contributed by atoms with Gasteiger partial charge in [-0.25, -0.2) is 0 Å². The Morgan fingerprint density at radius 3 is 1.60 bits per heavy atom. The van der Waals surface area contributed by atoms with Crippen LogP contribution in [0.1, 0.15) is 66.5 Å². The van der Waals surface area contributed by atoms with Crippen LogP contribution in [0.2, 0.25) is 22.2 Å². The molecule has 2 saturated heterocycles. The molecule has 2 aliphatic heterocycles. The van der Waals surface area contributed by atoms with Gasteiger partial charge in [-0.05, 0) is 45.4 Å². The maximum Gasteiger partial charge on any atom is 0.335 e. The van der Waals surface area contributed by atoms with Gasteiger partial charge in [0.05, 0.1) is 19.8 Å². The minimum Gasteiger partial charge on any atom is -0.414 e. The average molecular weight is 695 g/mol. The number of benzene rings is 3. The van der Waals surface area contributed by atoms with Crippen molar-refractivity contribution in [1.29, 1.82) is 0 Å². The lowest BCUT2D eigenvalue weighted by molar-refractivity contribution is -0.219. The predicted octanol–water partition coefficient (Wildman–Crippen LogP) is 9.63. The lowest BCUT2D eigenvalue weighted by Crippen LogP contribution is -2.63. The third-order valence-electron chi connectivity index (χ3n) is 9.44. The average Bonchev–Trinajstić information content (AvgIpc) is 3.24. The number of hydrogen-bond acceptors (Lipinski definition) is 7. The van der Waals surface area contributed by atoms with Gasteiger partial charge in [-0.2, -0.15) is 0 Å². The van der Waals surface area contributed by atoms with E-state index in [2.05, 4.69) is 104 Å². The number of ether oxygens (including phenoxy) is 3. The molecule has 47 heavy (non-hydrogen) atoms. The highest BCUT2D eigenvalue weighted by Crippen LogP contribution is 2.51. The molecule has 0 N–H and O–H groups in total. The molecule has 0 saturated carbocycles. The molecule has 0 amide bonds. The maximum atomic E-state index is 7.60. The Morgan fingerprint density at radius 1 is 0.617 bits per heavy atom. The number of hydrogen-bond donors (Lipinski definition) is 0. The highest BCUT2D eigenvalue weighted by molar-refractivity contribution is 7.99. The van der Waals surface area contributed by atoms with Crippen molar-refractivity contribution in [1.82, 2.24) is 0 Å². The standard InChI is InChI=1S/C38H54O6SSi2/c1-27(2)46(28(3)4)42-36-35(40-25-32-20-14-10-15-21-32)34(26-39-24-31-18-12-9-13-19-31)41-38(45-33-22-16-11-17-23-33)37(36)43-47(44-46,29(5)6)30(7)8/h9-23,27-30,34-38H,24-26H2,1-8H3/t34-,35-,36+,37-,38+/m1/s1. The van der Waals surface area contributed by atoms with Crippen LogP contribution >= 0.6 is 11.8 Å². The van der Waals surface area contributed by atoms with Crippen LogP contribution in [-0.4, -0.2) is 53.6 Å². The van der Waals surface area contributed by atoms with Gasteiger partial charge in [0.2, 0.25) is 0 Å². The molecule has 0 aliphatic carbocycles. The number of rotatable bonds is 13. The molecular weight excluding hydrogens is 641 g/mol. The molecule has 6 nitrogen and oxygen atoms in total. The second-order valence-electron chi connectivity index (χ2n) is 14.1. The van der Waals surface area contributed by atoms with Crippen LogP contribution in [0.5, 0.6) is 0 Å². The molecule has 0 aromatic heterocycles. The molecular formula is C38H54O6SSi2. The Balaban J connectivity index is 1.59. The van der Waals surface area contributed by atoms with Gasteiger partial charge >= 0.3 is 17.1 Å². The first-order valence-electron chi connectivity index (χ1n) is 17.3. The smallest absolute Gasteiger partial charge is 0.335 e. The first-order valence-corrected chi connectivity index (χ1v) is 22.1. The van der Waals surface area contributed by atoms with E-state index in [-0.39, 0.29) is 33.7 Å². The Labute approximate surface area is 289 Å². The third-order valence-corrected chi connectivity index (χ3v) is 20.9. The summed E-state index contributed by atoms with van der Waals surface area (Å²) in [7, 11) is -5.76. The zero-order valence-electron chi connectivity index (χ0n) is 29.3. The highest BCUT2D eigenvalue weighted by atomic mass is 32.2. The summed E-state index contributed by atoms with van der Waals surface area (Å²) in [6, 6.07) is 31.0. The minimum absolute atomic E-state index is 0.208. The molecule has 9 heteroatoms. The van der Waals surface area contributed by atoms with Crippen molar-refractivity contribution in [3.05, 3.63) is 102 Å². The molecule has 0 unspecified atom stereocenters. The number of fused-ring (bicyclic) bond motifs is 1. The Hall–Kier alpha value is -1.80.